The molecule has 1 atom stereocenters. The van der Waals surface area contributed by atoms with E-state index in [1.165, 1.54) is 25.7 Å². The van der Waals surface area contributed by atoms with Crippen molar-refractivity contribution in [2.24, 2.45) is 5.92 Å². The van der Waals surface area contributed by atoms with E-state index in [1.807, 2.05) is 0 Å². The SMILES string of the molecule is CC(C)CCCNCCOCC1CCCO1. The topological polar surface area (TPSA) is 30.5 Å². The molecule has 96 valence electrons. The summed E-state index contributed by atoms with van der Waals surface area (Å²) in [5, 5.41) is 3.40. The molecule has 0 saturated carbocycles. The fraction of sp³-hybridized carbons (Fsp3) is 1.00. The first-order valence-electron chi connectivity index (χ1n) is 6.69. The minimum Gasteiger partial charge on any atom is -0.377 e. The molecule has 1 fully saturated rings. The lowest BCUT2D eigenvalue weighted by Crippen LogP contribution is -2.23. The maximum absolute atomic E-state index is 5.56. The van der Waals surface area contributed by atoms with Gasteiger partial charge in [0, 0.05) is 13.2 Å². The molecule has 16 heavy (non-hydrogen) atoms. The van der Waals surface area contributed by atoms with E-state index in [2.05, 4.69) is 19.2 Å². The van der Waals surface area contributed by atoms with Crippen LogP contribution in [0.25, 0.3) is 0 Å². The summed E-state index contributed by atoms with van der Waals surface area (Å²) in [5.74, 6) is 0.817. The summed E-state index contributed by atoms with van der Waals surface area (Å²) in [4.78, 5) is 0. The van der Waals surface area contributed by atoms with Gasteiger partial charge in [0.15, 0.2) is 0 Å². The van der Waals surface area contributed by atoms with Crippen LogP contribution in [0.4, 0.5) is 0 Å². The van der Waals surface area contributed by atoms with Gasteiger partial charge in [-0.25, -0.2) is 0 Å². The van der Waals surface area contributed by atoms with Gasteiger partial charge in [-0.05, 0) is 38.1 Å². The molecule has 1 aliphatic heterocycles. The Balaban J connectivity index is 1.74. The zero-order valence-electron chi connectivity index (χ0n) is 10.8. The highest BCUT2D eigenvalue weighted by Crippen LogP contribution is 2.11. The fourth-order valence-electron chi connectivity index (χ4n) is 1.90. The van der Waals surface area contributed by atoms with Crippen molar-refractivity contribution in [3.05, 3.63) is 0 Å². The van der Waals surface area contributed by atoms with Gasteiger partial charge in [0.2, 0.25) is 0 Å². The average Bonchev–Trinajstić information content (AvgIpc) is 2.74. The van der Waals surface area contributed by atoms with Gasteiger partial charge in [-0.3, -0.25) is 0 Å². The summed E-state index contributed by atoms with van der Waals surface area (Å²) < 4.78 is 11.0. The number of hydrogen-bond donors (Lipinski definition) is 1. The van der Waals surface area contributed by atoms with Crippen molar-refractivity contribution < 1.29 is 9.47 Å². The van der Waals surface area contributed by atoms with Crippen LogP contribution in [0.5, 0.6) is 0 Å². The first-order chi connectivity index (χ1) is 7.79. The Morgan fingerprint density at radius 2 is 2.25 bits per heavy atom. The third kappa shape index (κ3) is 7.20. The summed E-state index contributed by atoms with van der Waals surface area (Å²) in [6.45, 7) is 9.11. The molecule has 0 radical (unpaired) electrons. The lowest BCUT2D eigenvalue weighted by Gasteiger charge is -2.10. The molecule has 1 unspecified atom stereocenters. The third-order valence-electron chi connectivity index (χ3n) is 2.89. The van der Waals surface area contributed by atoms with Gasteiger partial charge < -0.3 is 14.8 Å². The third-order valence-corrected chi connectivity index (χ3v) is 2.89. The summed E-state index contributed by atoms with van der Waals surface area (Å²) in [6.07, 6.45) is 5.30. The Morgan fingerprint density at radius 1 is 1.38 bits per heavy atom. The van der Waals surface area contributed by atoms with Crippen LogP contribution in [0.2, 0.25) is 0 Å². The maximum atomic E-state index is 5.56. The van der Waals surface area contributed by atoms with Gasteiger partial charge in [0.25, 0.3) is 0 Å². The van der Waals surface area contributed by atoms with Crippen LogP contribution in [0.15, 0.2) is 0 Å². The fourth-order valence-corrected chi connectivity index (χ4v) is 1.90. The van der Waals surface area contributed by atoms with Crippen LogP contribution < -0.4 is 5.32 Å². The van der Waals surface area contributed by atoms with Crippen molar-refractivity contribution in [2.75, 3.05) is 32.9 Å². The lowest BCUT2D eigenvalue weighted by molar-refractivity contribution is 0.0183. The zero-order chi connectivity index (χ0) is 11.6. The second kappa shape index (κ2) is 8.97. The van der Waals surface area contributed by atoms with E-state index in [0.29, 0.717) is 6.10 Å². The van der Waals surface area contributed by atoms with E-state index in [-0.39, 0.29) is 0 Å². The molecule has 0 amide bonds. The van der Waals surface area contributed by atoms with Crippen LogP contribution in [0.3, 0.4) is 0 Å². The lowest BCUT2D eigenvalue weighted by atomic mass is 10.1. The predicted octanol–water partition coefficient (Wildman–Crippen LogP) is 2.21. The van der Waals surface area contributed by atoms with Gasteiger partial charge in [0.05, 0.1) is 19.3 Å². The highest BCUT2D eigenvalue weighted by molar-refractivity contribution is 4.63. The van der Waals surface area contributed by atoms with Gasteiger partial charge in [-0.1, -0.05) is 13.8 Å². The Labute approximate surface area is 99.9 Å². The van der Waals surface area contributed by atoms with Crippen molar-refractivity contribution in [1.29, 1.82) is 0 Å². The molecular formula is C13H27NO2. The van der Waals surface area contributed by atoms with E-state index in [9.17, 15) is 0 Å². The minimum absolute atomic E-state index is 0.362. The molecule has 0 aromatic heterocycles. The van der Waals surface area contributed by atoms with Crippen LogP contribution in [0, 0.1) is 5.92 Å². The number of rotatable bonds is 9. The van der Waals surface area contributed by atoms with Crippen molar-refractivity contribution in [1.82, 2.24) is 5.32 Å². The highest BCUT2D eigenvalue weighted by Gasteiger charge is 2.14. The molecule has 0 aliphatic carbocycles. The van der Waals surface area contributed by atoms with Gasteiger partial charge in [-0.15, -0.1) is 0 Å². The van der Waals surface area contributed by atoms with Crippen LogP contribution >= 0.6 is 0 Å². The van der Waals surface area contributed by atoms with Gasteiger partial charge in [0.1, 0.15) is 0 Å². The van der Waals surface area contributed by atoms with Crippen molar-refractivity contribution in [3.63, 3.8) is 0 Å². The van der Waals surface area contributed by atoms with Gasteiger partial charge in [-0.2, -0.15) is 0 Å². The molecule has 0 aromatic carbocycles. The van der Waals surface area contributed by atoms with Crippen LogP contribution in [-0.2, 0) is 9.47 Å². The van der Waals surface area contributed by atoms with E-state index in [0.717, 1.165) is 38.8 Å². The molecule has 1 heterocycles. The maximum Gasteiger partial charge on any atom is 0.0809 e. The predicted molar refractivity (Wildman–Crippen MR) is 66.7 cm³/mol. The second-order valence-electron chi connectivity index (χ2n) is 5.00. The molecule has 1 saturated heterocycles. The molecule has 0 spiro atoms. The summed E-state index contributed by atoms with van der Waals surface area (Å²) in [7, 11) is 0. The Hall–Kier alpha value is -0.120. The quantitative estimate of drug-likeness (QED) is 0.615. The van der Waals surface area contributed by atoms with E-state index in [1.54, 1.807) is 0 Å². The highest BCUT2D eigenvalue weighted by atomic mass is 16.5. The Kier molecular flexibility index (Phi) is 7.81. The molecule has 1 rings (SSSR count). The molecule has 3 nitrogen and oxygen atoms in total. The monoisotopic (exact) mass is 229 g/mol. The Morgan fingerprint density at radius 3 is 2.94 bits per heavy atom. The largest absolute Gasteiger partial charge is 0.377 e. The van der Waals surface area contributed by atoms with Crippen LogP contribution in [0.1, 0.15) is 39.5 Å². The Bertz CT molecular complexity index is 156. The van der Waals surface area contributed by atoms with Crippen molar-refractivity contribution in [2.45, 2.75) is 45.6 Å². The van der Waals surface area contributed by atoms with Crippen molar-refractivity contribution in [3.8, 4) is 0 Å². The summed E-state index contributed by atoms with van der Waals surface area (Å²) in [5.41, 5.74) is 0. The first kappa shape index (κ1) is 13.9. The summed E-state index contributed by atoms with van der Waals surface area (Å²) in [6, 6.07) is 0. The minimum atomic E-state index is 0.362. The van der Waals surface area contributed by atoms with Gasteiger partial charge >= 0.3 is 0 Å². The number of nitrogens with one attached hydrogen (secondary N) is 1. The van der Waals surface area contributed by atoms with E-state index >= 15 is 0 Å². The zero-order valence-corrected chi connectivity index (χ0v) is 10.8. The van der Waals surface area contributed by atoms with Crippen LogP contribution in [-0.4, -0.2) is 39.0 Å². The molecule has 3 heteroatoms. The van der Waals surface area contributed by atoms with E-state index in [4.69, 9.17) is 9.47 Å². The second-order valence-corrected chi connectivity index (χ2v) is 5.00. The molecule has 0 aromatic rings. The smallest absolute Gasteiger partial charge is 0.0809 e. The molecule has 0 bridgehead atoms. The normalized spacial score (nSPS) is 20.8. The van der Waals surface area contributed by atoms with Crippen molar-refractivity contribution >= 4 is 0 Å². The first-order valence-corrected chi connectivity index (χ1v) is 6.69. The number of hydrogen-bond acceptors (Lipinski definition) is 3. The van der Waals surface area contributed by atoms with E-state index < -0.39 is 0 Å². The standard InChI is InChI=1S/C13H27NO2/c1-12(2)5-3-7-14-8-10-15-11-13-6-4-9-16-13/h12-14H,3-11H2,1-2H3. The summed E-state index contributed by atoms with van der Waals surface area (Å²) >= 11 is 0. The molecule has 1 N–H and O–H groups in total. The molecule has 1 aliphatic rings. The molecular weight excluding hydrogens is 202 g/mol. The average molecular weight is 229 g/mol. The number of ether oxygens (including phenoxy) is 2.